The second kappa shape index (κ2) is 3.10. The van der Waals surface area contributed by atoms with Crippen molar-refractivity contribution in [3.05, 3.63) is 35.4 Å². The van der Waals surface area contributed by atoms with Crippen LogP contribution < -0.4 is 5.73 Å². The van der Waals surface area contributed by atoms with Gasteiger partial charge in [-0.2, -0.15) is 0 Å². The van der Waals surface area contributed by atoms with Crippen molar-refractivity contribution in [2.24, 2.45) is 0 Å². The predicted octanol–water partition coefficient (Wildman–Crippen LogP) is 1.94. The number of aromatic nitrogens is 1. The zero-order valence-corrected chi connectivity index (χ0v) is 7.82. The number of hydrogen-bond acceptors (Lipinski definition) is 3. The van der Waals surface area contributed by atoms with E-state index in [1.807, 2.05) is 25.1 Å². The van der Waals surface area contributed by atoms with E-state index in [-0.39, 0.29) is 0 Å². The molecule has 1 aromatic heterocycles. The topological polar surface area (TPSA) is 56.0 Å². The van der Waals surface area contributed by atoms with Gasteiger partial charge in [-0.05, 0) is 18.6 Å². The number of rotatable bonds is 1. The molecule has 0 aliphatic carbocycles. The molecule has 0 spiro atoms. The van der Waals surface area contributed by atoms with E-state index in [1.54, 1.807) is 6.07 Å². The molecule has 1 aromatic carbocycles. The summed E-state index contributed by atoms with van der Waals surface area (Å²) in [6.45, 7) is 1.97. The molecule has 0 amide bonds. The van der Waals surface area contributed by atoms with Gasteiger partial charge in [0.25, 0.3) is 0 Å². The van der Waals surface area contributed by atoms with Gasteiger partial charge in [-0.3, -0.25) is 4.79 Å². The highest BCUT2D eigenvalue weighted by Gasteiger charge is 2.03. The SMILES string of the molecule is Cc1cccc2cc(C=O)c(N)nc12. The van der Waals surface area contributed by atoms with Gasteiger partial charge >= 0.3 is 0 Å². The number of aldehydes is 1. The van der Waals surface area contributed by atoms with Crippen LogP contribution >= 0.6 is 0 Å². The minimum Gasteiger partial charge on any atom is -0.383 e. The molecule has 0 radical (unpaired) electrons. The molecule has 0 fully saturated rings. The number of carbonyl (C=O) groups is 1. The van der Waals surface area contributed by atoms with Crippen LogP contribution in [-0.2, 0) is 0 Å². The molecule has 70 valence electrons. The van der Waals surface area contributed by atoms with E-state index in [0.29, 0.717) is 11.4 Å². The monoisotopic (exact) mass is 186 g/mol. The third-order valence-electron chi connectivity index (χ3n) is 2.23. The minimum atomic E-state index is 0.293. The molecule has 3 nitrogen and oxygen atoms in total. The summed E-state index contributed by atoms with van der Waals surface area (Å²) in [5.41, 5.74) is 7.99. The predicted molar refractivity (Wildman–Crippen MR) is 56.3 cm³/mol. The Morgan fingerprint density at radius 2 is 2.21 bits per heavy atom. The molecule has 0 saturated carbocycles. The van der Waals surface area contributed by atoms with Gasteiger partial charge in [0.15, 0.2) is 6.29 Å². The maximum atomic E-state index is 10.6. The number of pyridine rings is 1. The van der Waals surface area contributed by atoms with E-state index in [1.165, 1.54) is 0 Å². The molecule has 2 rings (SSSR count). The Labute approximate surface area is 81.6 Å². The van der Waals surface area contributed by atoms with Crippen LogP contribution in [0, 0.1) is 6.92 Å². The largest absolute Gasteiger partial charge is 0.383 e. The summed E-state index contributed by atoms with van der Waals surface area (Å²) < 4.78 is 0. The summed E-state index contributed by atoms with van der Waals surface area (Å²) in [7, 11) is 0. The lowest BCUT2D eigenvalue weighted by Gasteiger charge is -2.03. The average molecular weight is 186 g/mol. The van der Waals surface area contributed by atoms with Crippen LogP contribution in [0.4, 0.5) is 5.82 Å². The normalized spacial score (nSPS) is 10.4. The van der Waals surface area contributed by atoms with Crippen molar-refractivity contribution in [1.82, 2.24) is 4.98 Å². The van der Waals surface area contributed by atoms with E-state index in [4.69, 9.17) is 5.73 Å². The quantitative estimate of drug-likeness (QED) is 0.692. The number of hydrogen-bond donors (Lipinski definition) is 1. The highest BCUT2D eigenvalue weighted by molar-refractivity contribution is 5.92. The first-order valence-electron chi connectivity index (χ1n) is 4.33. The van der Waals surface area contributed by atoms with Crippen LogP contribution in [0.15, 0.2) is 24.3 Å². The van der Waals surface area contributed by atoms with Gasteiger partial charge in [-0.15, -0.1) is 0 Å². The highest BCUT2D eigenvalue weighted by atomic mass is 16.1. The summed E-state index contributed by atoms with van der Waals surface area (Å²) in [4.78, 5) is 14.8. The summed E-state index contributed by atoms with van der Waals surface area (Å²) >= 11 is 0. The number of para-hydroxylation sites is 1. The Bertz CT molecular complexity index is 506. The number of carbonyl (C=O) groups excluding carboxylic acids is 1. The van der Waals surface area contributed by atoms with Crippen molar-refractivity contribution in [3.8, 4) is 0 Å². The summed E-state index contributed by atoms with van der Waals surface area (Å²) in [5.74, 6) is 0.293. The Morgan fingerprint density at radius 1 is 1.43 bits per heavy atom. The van der Waals surface area contributed by atoms with Crippen LogP contribution in [0.5, 0.6) is 0 Å². The van der Waals surface area contributed by atoms with Crippen molar-refractivity contribution in [2.75, 3.05) is 5.73 Å². The van der Waals surface area contributed by atoms with Crippen molar-refractivity contribution in [1.29, 1.82) is 0 Å². The Kier molecular flexibility index (Phi) is 1.93. The molecule has 14 heavy (non-hydrogen) atoms. The molecular formula is C11H10N2O. The molecule has 0 aliphatic heterocycles. The molecule has 1 heterocycles. The number of nitrogen functional groups attached to an aromatic ring is 1. The minimum absolute atomic E-state index is 0.293. The Balaban J connectivity index is 2.85. The molecule has 3 heteroatoms. The number of aryl methyl sites for hydroxylation is 1. The second-order valence-corrected chi connectivity index (χ2v) is 3.23. The summed E-state index contributed by atoms with van der Waals surface area (Å²) in [6.07, 6.45) is 0.726. The van der Waals surface area contributed by atoms with Crippen molar-refractivity contribution in [3.63, 3.8) is 0 Å². The van der Waals surface area contributed by atoms with Gasteiger partial charge in [0.1, 0.15) is 5.82 Å². The van der Waals surface area contributed by atoms with Gasteiger partial charge in [-0.1, -0.05) is 18.2 Å². The Morgan fingerprint density at radius 3 is 2.93 bits per heavy atom. The lowest BCUT2D eigenvalue weighted by molar-refractivity contribution is 0.112. The fourth-order valence-corrected chi connectivity index (χ4v) is 1.47. The summed E-state index contributed by atoms with van der Waals surface area (Å²) in [6, 6.07) is 7.58. The highest BCUT2D eigenvalue weighted by Crippen LogP contribution is 2.19. The number of anilines is 1. The van der Waals surface area contributed by atoms with Crippen LogP contribution in [-0.4, -0.2) is 11.3 Å². The molecule has 0 aliphatic rings. The first-order valence-corrected chi connectivity index (χ1v) is 4.33. The van der Waals surface area contributed by atoms with Crippen LogP contribution in [0.25, 0.3) is 10.9 Å². The average Bonchev–Trinajstić information content (AvgIpc) is 2.19. The lowest BCUT2D eigenvalue weighted by atomic mass is 10.1. The van der Waals surface area contributed by atoms with Crippen molar-refractivity contribution in [2.45, 2.75) is 6.92 Å². The zero-order chi connectivity index (χ0) is 10.1. The number of nitrogens with two attached hydrogens (primary N) is 1. The fourth-order valence-electron chi connectivity index (χ4n) is 1.47. The van der Waals surface area contributed by atoms with Gasteiger partial charge in [0, 0.05) is 5.39 Å². The first kappa shape index (κ1) is 8.69. The number of fused-ring (bicyclic) bond motifs is 1. The van der Waals surface area contributed by atoms with Crippen LogP contribution in [0.1, 0.15) is 15.9 Å². The second-order valence-electron chi connectivity index (χ2n) is 3.23. The van der Waals surface area contributed by atoms with E-state index in [9.17, 15) is 4.79 Å². The maximum absolute atomic E-state index is 10.6. The van der Waals surface area contributed by atoms with E-state index >= 15 is 0 Å². The molecule has 0 atom stereocenters. The zero-order valence-electron chi connectivity index (χ0n) is 7.82. The van der Waals surface area contributed by atoms with Crippen LogP contribution in [0.2, 0.25) is 0 Å². The van der Waals surface area contributed by atoms with E-state index < -0.39 is 0 Å². The molecule has 2 N–H and O–H groups in total. The smallest absolute Gasteiger partial charge is 0.153 e. The lowest BCUT2D eigenvalue weighted by Crippen LogP contribution is -1.97. The maximum Gasteiger partial charge on any atom is 0.153 e. The molecule has 0 saturated heterocycles. The van der Waals surface area contributed by atoms with Crippen LogP contribution in [0.3, 0.4) is 0 Å². The number of nitrogens with zero attached hydrogens (tertiary/aromatic N) is 1. The van der Waals surface area contributed by atoms with Crippen molar-refractivity contribution < 1.29 is 4.79 Å². The van der Waals surface area contributed by atoms with E-state index in [2.05, 4.69) is 4.98 Å². The summed E-state index contributed by atoms with van der Waals surface area (Å²) in [5, 5.41) is 0.946. The molecule has 0 unspecified atom stereocenters. The fraction of sp³-hybridized carbons (Fsp3) is 0.0909. The first-order chi connectivity index (χ1) is 6.72. The third-order valence-corrected chi connectivity index (χ3v) is 2.23. The van der Waals surface area contributed by atoms with Gasteiger partial charge in [-0.25, -0.2) is 4.98 Å². The van der Waals surface area contributed by atoms with Gasteiger partial charge < -0.3 is 5.73 Å². The van der Waals surface area contributed by atoms with Gasteiger partial charge in [0.2, 0.25) is 0 Å². The molecular weight excluding hydrogens is 176 g/mol. The van der Waals surface area contributed by atoms with Gasteiger partial charge in [0.05, 0.1) is 11.1 Å². The Hall–Kier alpha value is -1.90. The molecule has 0 bridgehead atoms. The van der Waals surface area contributed by atoms with E-state index in [0.717, 1.165) is 22.8 Å². The molecule has 2 aromatic rings. The number of benzene rings is 1. The third kappa shape index (κ3) is 1.23. The van der Waals surface area contributed by atoms with Crippen molar-refractivity contribution >= 4 is 23.0 Å². The standard InChI is InChI=1S/C11H10N2O/c1-7-3-2-4-8-5-9(6-14)11(12)13-10(7)8/h2-6H,1H3,(H2,12,13).